The lowest BCUT2D eigenvalue weighted by atomic mass is 10.0. The number of nitrogens with one attached hydrogen (secondary N) is 1. The summed E-state index contributed by atoms with van der Waals surface area (Å²) in [6.07, 6.45) is 7.38. The van der Waals surface area contributed by atoms with Crippen molar-refractivity contribution in [1.82, 2.24) is 4.98 Å². The Balaban J connectivity index is 2.65. The maximum absolute atomic E-state index is 12.4. The first-order valence-electron chi connectivity index (χ1n) is 7.40. The van der Waals surface area contributed by atoms with Gasteiger partial charge in [0.2, 0.25) is 0 Å². The Morgan fingerprint density at radius 3 is 2.78 bits per heavy atom. The SMILES string of the molecule is C=C/C=C(\C=C/COC)c1cc2c(N(C)C)cccc2c(=O)[nH]1. The summed E-state index contributed by atoms with van der Waals surface area (Å²) < 4.78 is 5.03. The Labute approximate surface area is 136 Å². The number of H-pyrrole nitrogens is 1. The van der Waals surface area contributed by atoms with E-state index >= 15 is 0 Å². The number of allylic oxidation sites excluding steroid dienone is 4. The number of methoxy groups -OCH3 is 1. The fraction of sp³-hybridized carbons (Fsp3) is 0.211. The van der Waals surface area contributed by atoms with Gasteiger partial charge in [0.05, 0.1) is 6.61 Å². The van der Waals surface area contributed by atoms with Crippen molar-refractivity contribution in [3.05, 3.63) is 71.2 Å². The number of anilines is 1. The van der Waals surface area contributed by atoms with Crippen LogP contribution in [-0.2, 0) is 4.74 Å². The summed E-state index contributed by atoms with van der Waals surface area (Å²) in [5.74, 6) is 0. The van der Waals surface area contributed by atoms with Gasteiger partial charge < -0.3 is 14.6 Å². The highest BCUT2D eigenvalue weighted by Crippen LogP contribution is 2.25. The van der Waals surface area contributed by atoms with Crippen LogP contribution in [0.5, 0.6) is 0 Å². The molecule has 0 amide bonds. The number of nitrogens with zero attached hydrogens (tertiary/aromatic N) is 1. The van der Waals surface area contributed by atoms with Gasteiger partial charge in [-0.25, -0.2) is 0 Å². The van der Waals surface area contributed by atoms with E-state index in [-0.39, 0.29) is 5.56 Å². The molecule has 0 bridgehead atoms. The van der Waals surface area contributed by atoms with Crippen molar-refractivity contribution in [1.29, 1.82) is 0 Å². The van der Waals surface area contributed by atoms with Gasteiger partial charge in [0.15, 0.2) is 0 Å². The number of hydrogen-bond acceptors (Lipinski definition) is 3. The average Bonchev–Trinajstić information content (AvgIpc) is 2.53. The molecular formula is C19H22N2O2. The molecule has 23 heavy (non-hydrogen) atoms. The topological polar surface area (TPSA) is 45.3 Å². The molecule has 4 nitrogen and oxygen atoms in total. The standard InChI is InChI=1S/C19H22N2O2/c1-5-8-14(9-7-12-23-4)17-13-16-15(19(22)20-17)10-6-11-18(16)21(2)3/h5-11,13H,1,12H2,2-4H3,(H,20,22)/b9-7-,14-8+. The zero-order valence-corrected chi connectivity index (χ0v) is 13.8. The van der Waals surface area contributed by atoms with E-state index in [1.54, 1.807) is 13.2 Å². The van der Waals surface area contributed by atoms with Crippen molar-refractivity contribution in [3.63, 3.8) is 0 Å². The van der Waals surface area contributed by atoms with E-state index in [9.17, 15) is 4.79 Å². The molecule has 0 fully saturated rings. The highest BCUT2D eigenvalue weighted by atomic mass is 16.5. The molecule has 0 saturated heterocycles. The number of ether oxygens (including phenoxy) is 1. The molecule has 1 N–H and O–H groups in total. The quantitative estimate of drug-likeness (QED) is 0.832. The number of aromatic amines is 1. The molecule has 4 heteroatoms. The highest BCUT2D eigenvalue weighted by Gasteiger charge is 2.09. The van der Waals surface area contributed by atoms with Gasteiger partial charge in [-0.2, -0.15) is 0 Å². The van der Waals surface area contributed by atoms with Gasteiger partial charge in [-0.1, -0.05) is 36.9 Å². The zero-order valence-electron chi connectivity index (χ0n) is 13.8. The Morgan fingerprint density at radius 1 is 1.35 bits per heavy atom. The first-order valence-corrected chi connectivity index (χ1v) is 7.40. The molecule has 120 valence electrons. The van der Waals surface area contributed by atoms with Crippen molar-refractivity contribution < 1.29 is 4.74 Å². The Kier molecular flexibility index (Phi) is 5.55. The van der Waals surface area contributed by atoms with E-state index < -0.39 is 0 Å². The predicted octanol–water partition coefficient (Wildman–Crippen LogP) is 3.37. The third-order valence-electron chi connectivity index (χ3n) is 3.52. The van der Waals surface area contributed by atoms with Crippen molar-refractivity contribution in [2.45, 2.75) is 0 Å². The zero-order chi connectivity index (χ0) is 16.8. The molecule has 0 aliphatic heterocycles. The first-order chi connectivity index (χ1) is 11.1. The minimum Gasteiger partial charge on any atom is -0.381 e. The van der Waals surface area contributed by atoms with Crippen LogP contribution in [0.4, 0.5) is 5.69 Å². The summed E-state index contributed by atoms with van der Waals surface area (Å²) >= 11 is 0. The van der Waals surface area contributed by atoms with Crippen LogP contribution < -0.4 is 10.5 Å². The van der Waals surface area contributed by atoms with Crippen LogP contribution in [0.25, 0.3) is 16.3 Å². The summed E-state index contributed by atoms with van der Waals surface area (Å²) in [7, 11) is 5.58. The summed E-state index contributed by atoms with van der Waals surface area (Å²) in [5.41, 5.74) is 2.54. The van der Waals surface area contributed by atoms with Crippen molar-refractivity contribution in [3.8, 4) is 0 Å². The van der Waals surface area contributed by atoms with Crippen LogP contribution in [-0.4, -0.2) is 32.8 Å². The second-order valence-corrected chi connectivity index (χ2v) is 5.36. The van der Waals surface area contributed by atoms with Gasteiger partial charge in [-0.05, 0) is 23.8 Å². The number of hydrogen-bond donors (Lipinski definition) is 1. The molecule has 0 unspecified atom stereocenters. The van der Waals surface area contributed by atoms with E-state index in [1.807, 2.05) is 61.5 Å². The predicted molar refractivity (Wildman–Crippen MR) is 98.1 cm³/mol. The molecule has 0 radical (unpaired) electrons. The van der Waals surface area contributed by atoms with Crippen LogP contribution in [0.15, 0.2) is 59.9 Å². The normalized spacial score (nSPS) is 12.0. The third kappa shape index (κ3) is 3.79. The number of rotatable bonds is 6. The second kappa shape index (κ2) is 7.61. The molecule has 0 saturated carbocycles. The fourth-order valence-corrected chi connectivity index (χ4v) is 2.45. The molecule has 0 aliphatic carbocycles. The van der Waals surface area contributed by atoms with Gasteiger partial charge in [-0.15, -0.1) is 0 Å². The molecule has 2 aromatic rings. The van der Waals surface area contributed by atoms with Gasteiger partial charge >= 0.3 is 0 Å². The summed E-state index contributed by atoms with van der Waals surface area (Å²) in [6.45, 7) is 4.25. The molecule has 1 aromatic carbocycles. The first kappa shape index (κ1) is 16.8. The number of benzene rings is 1. The van der Waals surface area contributed by atoms with Gasteiger partial charge in [-0.3, -0.25) is 4.79 Å². The molecule has 1 aromatic heterocycles. The van der Waals surface area contributed by atoms with Crippen LogP contribution in [0.1, 0.15) is 5.69 Å². The Morgan fingerprint density at radius 2 is 2.13 bits per heavy atom. The number of fused-ring (bicyclic) bond motifs is 1. The number of pyridine rings is 1. The van der Waals surface area contributed by atoms with E-state index in [0.717, 1.165) is 22.3 Å². The molecule has 0 atom stereocenters. The lowest BCUT2D eigenvalue weighted by molar-refractivity contribution is 0.234. The Hall–Kier alpha value is -2.59. The maximum atomic E-state index is 12.4. The third-order valence-corrected chi connectivity index (χ3v) is 3.52. The average molecular weight is 310 g/mol. The molecule has 0 aliphatic rings. The largest absolute Gasteiger partial charge is 0.381 e. The Bertz CT molecular complexity index is 814. The lowest BCUT2D eigenvalue weighted by Crippen LogP contribution is -2.13. The highest BCUT2D eigenvalue weighted by molar-refractivity contribution is 5.95. The summed E-state index contributed by atoms with van der Waals surface area (Å²) in [4.78, 5) is 17.4. The van der Waals surface area contributed by atoms with Gasteiger partial charge in [0.1, 0.15) is 0 Å². The van der Waals surface area contributed by atoms with Crippen molar-refractivity contribution in [2.24, 2.45) is 0 Å². The molecule has 1 heterocycles. The van der Waals surface area contributed by atoms with Gasteiger partial charge in [0.25, 0.3) is 5.56 Å². The molecule has 0 spiro atoms. The van der Waals surface area contributed by atoms with E-state index in [2.05, 4.69) is 11.6 Å². The number of aromatic nitrogens is 1. The van der Waals surface area contributed by atoms with E-state index in [4.69, 9.17) is 4.74 Å². The fourth-order valence-electron chi connectivity index (χ4n) is 2.45. The van der Waals surface area contributed by atoms with Crippen molar-refractivity contribution >= 4 is 22.0 Å². The van der Waals surface area contributed by atoms with Crippen LogP contribution >= 0.6 is 0 Å². The summed E-state index contributed by atoms with van der Waals surface area (Å²) in [5, 5.41) is 1.60. The van der Waals surface area contributed by atoms with E-state index in [0.29, 0.717) is 12.0 Å². The minimum atomic E-state index is -0.101. The van der Waals surface area contributed by atoms with E-state index in [1.165, 1.54) is 0 Å². The van der Waals surface area contributed by atoms with Crippen LogP contribution in [0.3, 0.4) is 0 Å². The smallest absolute Gasteiger partial charge is 0.256 e. The molecular weight excluding hydrogens is 288 g/mol. The van der Waals surface area contributed by atoms with Gasteiger partial charge in [0, 0.05) is 43.4 Å². The molecule has 2 rings (SSSR count). The second-order valence-electron chi connectivity index (χ2n) is 5.36. The monoisotopic (exact) mass is 310 g/mol. The summed E-state index contributed by atoms with van der Waals surface area (Å²) in [6, 6.07) is 7.73. The van der Waals surface area contributed by atoms with Crippen LogP contribution in [0, 0.1) is 0 Å². The van der Waals surface area contributed by atoms with Crippen LogP contribution in [0.2, 0.25) is 0 Å². The minimum absolute atomic E-state index is 0.101. The van der Waals surface area contributed by atoms with Crippen molar-refractivity contribution in [2.75, 3.05) is 32.7 Å². The maximum Gasteiger partial charge on any atom is 0.256 e. The lowest BCUT2D eigenvalue weighted by Gasteiger charge is -2.16.